The van der Waals surface area contributed by atoms with Gasteiger partial charge < -0.3 is 20.3 Å². The highest BCUT2D eigenvalue weighted by Crippen LogP contribution is 2.44. The van der Waals surface area contributed by atoms with Gasteiger partial charge in [-0.2, -0.15) is 0 Å². The Morgan fingerprint density at radius 2 is 1.45 bits per heavy atom. The summed E-state index contributed by atoms with van der Waals surface area (Å²) in [5.41, 5.74) is 3.60. The minimum atomic E-state index is -1.36. The van der Waals surface area contributed by atoms with Crippen LogP contribution in [0.2, 0.25) is 0 Å². The fourth-order valence-corrected chi connectivity index (χ4v) is 4.06. The van der Waals surface area contributed by atoms with Gasteiger partial charge in [0.1, 0.15) is 12.6 Å². The molecule has 2 aromatic rings. The van der Waals surface area contributed by atoms with Crippen molar-refractivity contribution in [1.82, 2.24) is 5.32 Å². The van der Waals surface area contributed by atoms with Crippen LogP contribution in [0.4, 0.5) is 4.79 Å². The third-order valence-corrected chi connectivity index (χ3v) is 5.75. The smallest absolute Gasteiger partial charge is 0.407 e. The van der Waals surface area contributed by atoms with Crippen molar-refractivity contribution in [2.24, 2.45) is 11.3 Å². The molecule has 2 aromatic carbocycles. The Labute approximate surface area is 181 Å². The average molecular weight is 425 g/mol. The molecule has 31 heavy (non-hydrogen) atoms. The van der Waals surface area contributed by atoms with E-state index >= 15 is 0 Å². The molecule has 1 aliphatic carbocycles. The highest BCUT2D eigenvalue weighted by Gasteiger charge is 2.36. The highest BCUT2D eigenvalue weighted by molar-refractivity contribution is 5.82. The van der Waals surface area contributed by atoms with E-state index in [1.54, 1.807) is 20.8 Å². The van der Waals surface area contributed by atoms with Crippen molar-refractivity contribution in [3.63, 3.8) is 0 Å². The summed E-state index contributed by atoms with van der Waals surface area (Å²) in [6.45, 7) is 5.21. The minimum Gasteiger partial charge on any atom is -0.481 e. The molecule has 1 aliphatic rings. The second-order valence-electron chi connectivity index (χ2n) is 8.85. The van der Waals surface area contributed by atoms with Gasteiger partial charge in [0, 0.05) is 5.92 Å². The van der Waals surface area contributed by atoms with Gasteiger partial charge in [-0.15, -0.1) is 0 Å². The highest BCUT2D eigenvalue weighted by atomic mass is 16.5. The summed E-state index contributed by atoms with van der Waals surface area (Å²) in [5.74, 6) is -3.50. The Morgan fingerprint density at radius 3 is 1.90 bits per heavy atom. The SMILES string of the molecule is CC(C)(C)C(C[C@H](NC(=O)OCC1c2ccccc2-c2ccccc21)C(=O)O)C(=O)O. The number of hydrogen-bond donors (Lipinski definition) is 3. The lowest BCUT2D eigenvalue weighted by molar-refractivity contribution is -0.147. The fraction of sp³-hybridized carbons (Fsp3) is 0.375. The predicted molar refractivity (Wildman–Crippen MR) is 115 cm³/mol. The summed E-state index contributed by atoms with van der Waals surface area (Å²) in [6, 6.07) is 14.4. The molecule has 3 N–H and O–H groups in total. The lowest BCUT2D eigenvalue weighted by atomic mass is 9.77. The number of nitrogens with one attached hydrogen (secondary N) is 1. The van der Waals surface area contributed by atoms with Crippen molar-refractivity contribution in [2.75, 3.05) is 6.61 Å². The first-order chi connectivity index (χ1) is 14.6. The number of carboxylic acids is 2. The lowest BCUT2D eigenvalue weighted by Gasteiger charge is -2.29. The van der Waals surface area contributed by atoms with Crippen LogP contribution in [0.1, 0.15) is 44.2 Å². The summed E-state index contributed by atoms with van der Waals surface area (Å²) in [6.07, 6.45) is -1.12. The van der Waals surface area contributed by atoms with Crippen molar-refractivity contribution in [2.45, 2.75) is 39.2 Å². The number of amides is 1. The first-order valence-electron chi connectivity index (χ1n) is 10.2. The zero-order chi connectivity index (χ0) is 22.8. The molecular weight excluding hydrogens is 398 g/mol. The van der Waals surface area contributed by atoms with E-state index in [0.29, 0.717) is 0 Å². The lowest BCUT2D eigenvalue weighted by Crippen LogP contribution is -2.45. The predicted octanol–water partition coefficient (Wildman–Crippen LogP) is 4.12. The van der Waals surface area contributed by atoms with Crippen LogP contribution in [0.15, 0.2) is 48.5 Å². The number of rotatable bonds is 7. The molecule has 0 fully saturated rings. The van der Waals surface area contributed by atoms with Crippen molar-refractivity contribution in [3.8, 4) is 11.1 Å². The van der Waals surface area contributed by atoms with Gasteiger partial charge in [-0.25, -0.2) is 9.59 Å². The van der Waals surface area contributed by atoms with Gasteiger partial charge in [0.15, 0.2) is 0 Å². The van der Waals surface area contributed by atoms with Crippen LogP contribution in [0.3, 0.4) is 0 Å². The minimum absolute atomic E-state index is 0.0494. The standard InChI is InChI=1S/C24H27NO6/c1-24(2,3)19(21(26)27)12-20(22(28)29)25-23(30)31-13-18-16-10-6-4-8-14(16)15-9-5-7-11-17(15)18/h4-11,18-20H,12-13H2,1-3H3,(H,25,30)(H,26,27)(H,28,29)/t19?,20-/m0/s1. The van der Waals surface area contributed by atoms with Crippen LogP contribution in [0.25, 0.3) is 11.1 Å². The van der Waals surface area contributed by atoms with E-state index in [9.17, 15) is 24.6 Å². The van der Waals surface area contributed by atoms with Crippen molar-refractivity contribution in [3.05, 3.63) is 59.7 Å². The van der Waals surface area contributed by atoms with E-state index in [4.69, 9.17) is 4.74 Å². The second-order valence-corrected chi connectivity index (χ2v) is 8.85. The van der Waals surface area contributed by atoms with E-state index in [0.717, 1.165) is 22.3 Å². The van der Waals surface area contributed by atoms with E-state index in [-0.39, 0.29) is 18.9 Å². The molecule has 1 unspecified atom stereocenters. The summed E-state index contributed by atoms with van der Waals surface area (Å²) >= 11 is 0. The van der Waals surface area contributed by atoms with Crippen LogP contribution in [-0.4, -0.2) is 40.9 Å². The molecule has 0 spiro atoms. The second kappa shape index (κ2) is 8.79. The molecule has 0 aliphatic heterocycles. The Morgan fingerprint density at radius 1 is 0.935 bits per heavy atom. The van der Waals surface area contributed by atoms with Gasteiger partial charge in [0.2, 0.25) is 0 Å². The number of aliphatic carboxylic acids is 2. The number of ether oxygens (including phenoxy) is 1. The number of fused-ring (bicyclic) bond motifs is 3. The van der Waals surface area contributed by atoms with Crippen LogP contribution in [-0.2, 0) is 14.3 Å². The number of carbonyl (C=O) groups is 3. The Bertz CT molecular complexity index is 948. The Balaban J connectivity index is 1.69. The van der Waals surface area contributed by atoms with E-state index in [1.807, 2.05) is 48.5 Å². The molecule has 164 valence electrons. The van der Waals surface area contributed by atoms with Crippen molar-refractivity contribution >= 4 is 18.0 Å². The quantitative estimate of drug-likeness (QED) is 0.615. The average Bonchev–Trinajstić information content (AvgIpc) is 3.02. The third-order valence-electron chi connectivity index (χ3n) is 5.75. The van der Waals surface area contributed by atoms with Gasteiger partial charge in [-0.3, -0.25) is 4.79 Å². The van der Waals surface area contributed by atoms with Gasteiger partial charge in [0.05, 0.1) is 5.92 Å². The van der Waals surface area contributed by atoms with Crippen molar-refractivity contribution in [1.29, 1.82) is 0 Å². The molecule has 0 saturated carbocycles. The molecule has 0 heterocycles. The Kier molecular flexibility index (Phi) is 6.34. The molecule has 3 rings (SSSR count). The monoisotopic (exact) mass is 425 g/mol. The largest absolute Gasteiger partial charge is 0.481 e. The molecule has 7 nitrogen and oxygen atoms in total. The fourth-order valence-electron chi connectivity index (χ4n) is 4.06. The number of carboxylic acid groups (broad SMARTS) is 2. The molecule has 0 aromatic heterocycles. The Hall–Kier alpha value is -3.35. The maximum absolute atomic E-state index is 12.4. The van der Waals surface area contributed by atoms with Gasteiger partial charge >= 0.3 is 18.0 Å². The van der Waals surface area contributed by atoms with Crippen molar-refractivity contribution < 1.29 is 29.3 Å². The number of hydrogen-bond acceptors (Lipinski definition) is 4. The van der Waals surface area contributed by atoms with Crippen LogP contribution in [0.5, 0.6) is 0 Å². The van der Waals surface area contributed by atoms with Crippen LogP contribution in [0, 0.1) is 11.3 Å². The summed E-state index contributed by atoms with van der Waals surface area (Å²) < 4.78 is 5.39. The molecular formula is C24H27NO6. The molecule has 7 heteroatoms. The summed E-state index contributed by atoms with van der Waals surface area (Å²) in [7, 11) is 0. The number of carbonyl (C=O) groups excluding carboxylic acids is 1. The van der Waals surface area contributed by atoms with Gasteiger partial charge in [-0.1, -0.05) is 69.3 Å². The zero-order valence-corrected chi connectivity index (χ0v) is 17.8. The summed E-state index contributed by atoms with van der Waals surface area (Å²) in [5, 5.41) is 21.3. The topological polar surface area (TPSA) is 113 Å². The number of benzene rings is 2. The van der Waals surface area contributed by atoms with E-state index in [2.05, 4.69) is 5.32 Å². The maximum Gasteiger partial charge on any atom is 0.407 e. The van der Waals surface area contributed by atoms with Gasteiger partial charge in [-0.05, 0) is 34.1 Å². The molecule has 2 atom stereocenters. The first-order valence-corrected chi connectivity index (χ1v) is 10.2. The third kappa shape index (κ3) is 4.87. The van der Waals surface area contributed by atoms with Crippen LogP contribution < -0.4 is 5.32 Å². The molecule has 0 bridgehead atoms. The summed E-state index contributed by atoms with van der Waals surface area (Å²) in [4.78, 5) is 35.6. The molecule has 0 saturated heterocycles. The molecule has 1 amide bonds. The molecule has 0 radical (unpaired) electrons. The normalized spacial score (nSPS) is 14.8. The van der Waals surface area contributed by atoms with E-state index < -0.39 is 35.4 Å². The number of alkyl carbamates (subject to hydrolysis) is 1. The first kappa shape index (κ1) is 22.3. The maximum atomic E-state index is 12.4. The van der Waals surface area contributed by atoms with Gasteiger partial charge in [0.25, 0.3) is 0 Å². The van der Waals surface area contributed by atoms with E-state index in [1.165, 1.54) is 0 Å². The zero-order valence-electron chi connectivity index (χ0n) is 17.8. The van der Waals surface area contributed by atoms with Crippen LogP contribution >= 0.6 is 0 Å².